The van der Waals surface area contributed by atoms with Gasteiger partial charge in [0, 0.05) is 23.9 Å². The summed E-state index contributed by atoms with van der Waals surface area (Å²) in [7, 11) is 3.49. The molecule has 0 bridgehead atoms. The predicted molar refractivity (Wildman–Crippen MR) is 111 cm³/mol. The van der Waals surface area contributed by atoms with Gasteiger partial charge in [-0.25, -0.2) is 4.98 Å². The number of carbonyl (C=O) groups is 1. The van der Waals surface area contributed by atoms with Crippen LogP contribution in [0.3, 0.4) is 0 Å². The lowest BCUT2D eigenvalue weighted by molar-refractivity contribution is -0.123. The number of halogens is 2. The highest BCUT2D eigenvalue weighted by atomic mass is 79.9. The molecule has 0 aliphatic rings. The number of imidazole rings is 1. The molecule has 1 heterocycles. The Labute approximate surface area is 176 Å². The monoisotopic (exact) mass is 463 g/mol. The first-order chi connectivity index (χ1) is 13.5. The molecule has 3 rings (SSSR count). The summed E-state index contributed by atoms with van der Waals surface area (Å²) >= 11 is 9.47. The maximum absolute atomic E-state index is 12.6. The zero-order valence-electron chi connectivity index (χ0n) is 15.4. The molecule has 0 aliphatic carbocycles. The fourth-order valence-electron chi connectivity index (χ4n) is 2.69. The summed E-state index contributed by atoms with van der Waals surface area (Å²) in [6, 6.07) is 12.3. The van der Waals surface area contributed by atoms with Crippen LogP contribution >= 0.6 is 27.5 Å². The highest BCUT2D eigenvalue weighted by molar-refractivity contribution is 9.10. The average Bonchev–Trinajstić information content (AvgIpc) is 3.11. The van der Waals surface area contributed by atoms with Crippen molar-refractivity contribution in [3.63, 3.8) is 0 Å². The van der Waals surface area contributed by atoms with Crippen molar-refractivity contribution in [3.05, 3.63) is 75.7 Å². The van der Waals surface area contributed by atoms with Gasteiger partial charge in [0.1, 0.15) is 23.4 Å². The van der Waals surface area contributed by atoms with E-state index < -0.39 is 6.04 Å². The summed E-state index contributed by atoms with van der Waals surface area (Å²) in [5.74, 6) is 1.60. The Bertz CT molecular complexity index is 960. The van der Waals surface area contributed by atoms with Gasteiger partial charge in [0.05, 0.1) is 12.1 Å². The number of nitrogens with one attached hydrogen (secondary N) is 1. The first-order valence-corrected chi connectivity index (χ1v) is 9.63. The van der Waals surface area contributed by atoms with Crippen LogP contribution in [-0.4, -0.2) is 29.2 Å². The molecule has 1 unspecified atom stereocenters. The van der Waals surface area contributed by atoms with E-state index >= 15 is 0 Å². The number of aromatic nitrogens is 2. The van der Waals surface area contributed by atoms with Gasteiger partial charge in [0.15, 0.2) is 6.61 Å². The molecule has 8 heteroatoms. The van der Waals surface area contributed by atoms with Crippen molar-refractivity contribution in [3.8, 4) is 11.5 Å². The van der Waals surface area contributed by atoms with Crippen LogP contribution in [0, 0.1) is 0 Å². The quantitative estimate of drug-likeness (QED) is 0.571. The molecule has 1 atom stereocenters. The van der Waals surface area contributed by atoms with Crippen LogP contribution in [0.4, 0.5) is 0 Å². The zero-order valence-corrected chi connectivity index (χ0v) is 17.7. The van der Waals surface area contributed by atoms with Gasteiger partial charge in [-0.1, -0.05) is 39.7 Å². The molecule has 0 fully saturated rings. The summed E-state index contributed by atoms with van der Waals surface area (Å²) in [5.41, 5.74) is 0.880. The maximum atomic E-state index is 12.6. The van der Waals surface area contributed by atoms with Gasteiger partial charge in [0.2, 0.25) is 0 Å². The van der Waals surface area contributed by atoms with Gasteiger partial charge >= 0.3 is 0 Å². The van der Waals surface area contributed by atoms with Gasteiger partial charge in [-0.15, -0.1) is 0 Å². The summed E-state index contributed by atoms with van der Waals surface area (Å²) in [5, 5.41) is 3.40. The van der Waals surface area contributed by atoms with E-state index in [1.54, 1.807) is 31.5 Å². The number of carbonyl (C=O) groups excluding carboxylic acids is 1. The molecule has 28 heavy (non-hydrogen) atoms. The minimum atomic E-state index is -0.428. The van der Waals surface area contributed by atoms with Crippen LogP contribution in [0.25, 0.3) is 0 Å². The van der Waals surface area contributed by atoms with Crippen LogP contribution < -0.4 is 14.8 Å². The van der Waals surface area contributed by atoms with Crippen molar-refractivity contribution in [1.82, 2.24) is 14.9 Å². The number of benzene rings is 2. The second kappa shape index (κ2) is 9.12. The van der Waals surface area contributed by atoms with Gasteiger partial charge in [-0.3, -0.25) is 4.79 Å². The number of nitrogens with zero attached hydrogens (tertiary/aromatic N) is 2. The topological polar surface area (TPSA) is 65.4 Å². The molecule has 0 aliphatic heterocycles. The molecule has 2 aromatic carbocycles. The number of aryl methyl sites for hydroxylation is 1. The van der Waals surface area contributed by atoms with E-state index in [0.717, 1.165) is 15.8 Å². The van der Waals surface area contributed by atoms with Crippen molar-refractivity contribution in [2.45, 2.75) is 6.04 Å². The standard InChI is InChI=1S/C20H19BrClN3O3/c1-25-10-9-23-20(25)19(13-3-6-15(27-2)7-4-13)24-18(26)12-28-17-8-5-14(21)11-16(17)22/h3-11,19H,12H2,1-2H3,(H,24,26). The van der Waals surface area contributed by atoms with Crippen molar-refractivity contribution >= 4 is 33.4 Å². The predicted octanol–water partition coefficient (Wildman–Crippen LogP) is 4.13. The summed E-state index contributed by atoms with van der Waals surface area (Å²) < 4.78 is 13.5. The minimum absolute atomic E-state index is 0.168. The summed E-state index contributed by atoms with van der Waals surface area (Å²) in [4.78, 5) is 16.9. The molecule has 0 saturated carbocycles. The van der Waals surface area contributed by atoms with Crippen molar-refractivity contribution in [1.29, 1.82) is 0 Å². The van der Waals surface area contributed by atoms with Crippen LogP contribution in [0.15, 0.2) is 59.3 Å². The second-order valence-electron chi connectivity index (χ2n) is 6.03. The molecule has 1 aromatic heterocycles. The number of rotatable bonds is 7. The van der Waals surface area contributed by atoms with Gasteiger partial charge in [-0.05, 0) is 35.9 Å². The Hall–Kier alpha value is -2.51. The van der Waals surface area contributed by atoms with Crippen LogP contribution in [0.5, 0.6) is 11.5 Å². The lowest BCUT2D eigenvalue weighted by atomic mass is 10.1. The maximum Gasteiger partial charge on any atom is 0.258 e. The highest BCUT2D eigenvalue weighted by Gasteiger charge is 2.21. The average molecular weight is 465 g/mol. The van der Waals surface area contributed by atoms with E-state index in [1.807, 2.05) is 42.1 Å². The molecule has 0 saturated heterocycles. The lowest BCUT2D eigenvalue weighted by Gasteiger charge is -2.19. The molecule has 0 spiro atoms. The fraction of sp³-hybridized carbons (Fsp3) is 0.200. The number of hydrogen-bond donors (Lipinski definition) is 1. The lowest BCUT2D eigenvalue weighted by Crippen LogP contribution is -2.34. The van der Waals surface area contributed by atoms with Gasteiger partial charge < -0.3 is 19.4 Å². The molecule has 1 N–H and O–H groups in total. The van der Waals surface area contributed by atoms with E-state index in [-0.39, 0.29) is 12.5 Å². The molecule has 0 radical (unpaired) electrons. The minimum Gasteiger partial charge on any atom is -0.497 e. The van der Waals surface area contributed by atoms with Crippen molar-refractivity contribution in [2.75, 3.05) is 13.7 Å². The molecule has 6 nitrogen and oxygen atoms in total. The van der Waals surface area contributed by atoms with Gasteiger partial charge in [0.25, 0.3) is 5.91 Å². The van der Waals surface area contributed by atoms with E-state index in [2.05, 4.69) is 26.2 Å². The highest BCUT2D eigenvalue weighted by Crippen LogP contribution is 2.28. The summed E-state index contributed by atoms with van der Waals surface area (Å²) in [6.45, 7) is -0.168. The SMILES string of the molecule is COc1ccc(C(NC(=O)COc2ccc(Br)cc2Cl)c2nccn2C)cc1. The Kier molecular flexibility index (Phi) is 6.59. The van der Waals surface area contributed by atoms with E-state index in [9.17, 15) is 4.79 Å². The molecular formula is C20H19BrClN3O3. The largest absolute Gasteiger partial charge is 0.497 e. The third-order valence-electron chi connectivity index (χ3n) is 4.12. The van der Waals surface area contributed by atoms with E-state index in [4.69, 9.17) is 21.1 Å². The van der Waals surface area contributed by atoms with E-state index in [1.165, 1.54) is 0 Å². The van der Waals surface area contributed by atoms with Crippen LogP contribution in [-0.2, 0) is 11.8 Å². The van der Waals surface area contributed by atoms with Crippen molar-refractivity contribution in [2.24, 2.45) is 7.05 Å². The van der Waals surface area contributed by atoms with Crippen LogP contribution in [0.2, 0.25) is 5.02 Å². The Balaban J connectivity index is 1.75. The Morgan fingerprint density at radius 1 is 1.29 bits per heavy atom. The van der Waals surface area contributed by atoms with Gasteiger partial charge in [-0.2, -0.15) is 0 Å². The first-order valence-electron chi connectivity index (χ1n) is 8.46. The number of methoxy groups -OCH3 is 1. The Morgan fingerprint density at radius 2 is 2.04 bits per heavy atom. The number of hydrogen-bond acceptors (Lipinski definition) is 4. The summed E-state index contributed by atoms with van der Waals surface area (Å²) in [6.07, 6.45) is 3.52. The molecule has 146 valence electrons. The smallest absolute Gasteiger partial charge is 0.258 e. The molecular weight excluding hydrogens is 446 g/mol. The van der Waals surface area contributed by atoms with Crippen molar-refractivity contribution < 1.29 is 14.3 Å². The number of ether oxygens (including phenoxy) is 2. The third-order valence-corrected chi connectivity index (χ3v) is 4.91. The molecule has 3 aromatic rings. The van der Waals surface area contributed by atoms with E-state index in [0.29, 0.717) is 16.6 Å². The number of amides is 1. The molecule has 1 amide bonds. The third kappa shape index (κ3) is 4.85. The normalized spacial score (nSPS) is 11.7. The Morgan fingerprint density at radius 3 is 2.64 bits per heavy atom. The second-order valence-corrected chi connectivity index (χ2v) is 7.36. The fourth-order valence-corrected chi connectivity index (χ4v) is 3.41. The first kappa shape index (κ1) is 20.2. The zero-order chi connectivity index (χ0) is 20.1. The van der Waals surface area contributed by atoms with Crippen LogP contribution in [0.1, 0.15) is 17.4 Å².